The van der Waals surface area contributed by atoms with E-state index in [-0.39, 0.29) is 17.7 Å². The first-order valence-electron chi connectivity index (χ1n) is 8.08. The zero-order valence-corrected chi connectivity index (χ0v) is 15.4. The van der Waals surface area contributed by atoms with Gasteiger partial charge in [0.2, 0.25) is 5.91 Å². The van der Waals surface area contributed by atoms with Crippen LogP contribution in [0.3, 0.4) is 0 Å². The van der Waals surface area contributed by atoms with Crippen LogP contribution < -0.4 is 10.6 Å². The summed E-state index contributed by atoms with van der Waals surface area (Å²) in [5.74, 6) is -1.53. The fraction of sp³-hybridized carbons (Fsp3) is 0.588. The number of hydrogen-bond acceptors (Lipinski definition) is 4. The molecule has 7 heteroatoms. The lowest BCUT2D eigenvalue weighted by molar-refractivity contribution is -0.142. The van der Waals surface area contributed by atoms with Crippen molar-refractivity contribution in [2.24, 2.45) is 11.8 Å². The molecule has 24 heavy (non-hydrogen) atoms. The number of hydrogen-bond donors (Lipinski definition) is 3. The number of carboxylic acid groups (broad SMARTS) is 1. The normalized spacial score (nSPS) is 13.6. The van der Waals surface area contributed by atoms with Gasteiger partial charge in [0.1, 0.15) is 12.1 Å². The monoisotopic (exact) mass is 354 g/mol. The molecule has 6 nitrogen and oxygen atoms in total. The van der Waals surface area contributed by atoms with Crippen molar-refractivity contribution in [2.75, 3.05) is 0 Å². The van der Waals surface area contributed by atoms with Crippen molar-refractivity contribution in [1.82, 2.24) is 10.6 Å². The van der Waals surface area contributed by atoms with E-state index < -0.39 is 24.0 Å². The minimum atomic E-state index is -1.06. The summed E-state index contributed by atoms with van der Waals surface area (Å²) in [6, 6.07) is 1.74. The predicted octanol–water partition coefficient (Wildman–Crippen LogP) is 2.51. The first-order chi connectivity index (χ1) is 11.2. The van der Waals surface area contributed by atoms with Gasteiger partial charge in [-0.15, -0.1) is 11.3 Å². The second-order valence-electron chi connectivity index (χ2n) is 6.66. The van der Waals surface area contributed by atoms with Crippen LogP contribution in [0, 0.1) is 11.8 Å². The lowest BCUT2D eigenvalue weighted by Gasteiger charge is -2.23. The fourth-order valence-electron chi connectivity index (χ4n) is 2.31. The fourth-order valence-corrected chi connectivity index (χ4v) is 2.93. The van der Waals surface area contributed by atoms with E-state index in [9.17, 15) is 19.5 Å². The highest BCUT2D eigenvalue weighted by molar-refractivity contribution is 7.12. The highest BCUT2D eigenvalue weighted by Gasteiger charge is 2.28. The molecule has 0 radical (unpaired) electrons. The molecule has 2 atom stereocenters. The lowest BCUT2D eigenvalue weighted by atomic mass is 10.0. The number of nitrogens with one attached hydrogen (secondary N) is 2. The minimum absolute atomic E-state index is 0.135. The Morgan fingerprint density at radius 3 is 2.08 bits per heavy atom. The van der Waals surface area contributed by atoms with Crippen LogP contribution in [-0.2, 0) is 9.59 Å². The van der Waals surface area contributed by atoms with Gasteiger partial charge in [-0.3, -0.25) is 9.59 Å². The van der Waals surface area contributed by atoms with Gasteiger partial charge in [-0.05, 0) is 36.1 Å². The van der Waals surface area contributed by atoms with E-state index in [1.807, 2.05) is 27.7 Å². The van der Waals surface area contributed by atoms with Gasteiger partial charge < -0.3 is 15.7 Å². The van der Waals surface area contributed by atoms with Crippen LogP contribution >= 0.6 is 11.3 Å². The number of amides is 2. The summed E-state index contributed by atoms with van der Waals surface area (Å²) in [5, 5.41) is 16.3. The van der Waals surface area contributed by atoms with Gasteiger partial charge in [0, 0.05) is 0 Å². The van der Waals surface area contributed by atoms with Crippen molar-refractivity contribution < 1.29 is 19.5 Å². The van der Waals surface area contributed by atoms with E-state index in [1.54, 1.807) is 17.5 Å². The van der Waals surface area contributed by atoms with Crippen LogP contribution in [0.5, 0.6) is 0 Å². The third-order valence-corrected chi connectivity index (χ3v) is 4.26. The van der Waals surface area contributed by atoms with E-state index in [4.69, 9.17) is 0 Å². The van der Waals surface area contributed by atoms with Crippen LogP contribution in [0.25, 0.3) is 0 Å². The molecule has 1 heterocycles. The molecule has 3 N–H and O–H groups in total. The molecule has 0 aliphatic carbocycles. The number of carboxylic acids is 1. The molecule has 0 saturated heterocycles. The lowest BCUT2D eigenvalue weighted by Crippen LogP contribution is -2.52. The quantitative estimate of drug-likeness (QED) is 0.635. The Hall–Kier alpha value is -1.89. The van der Waals surface area contributed by atoms with Crippen molar-refractivity contribution in [3.05, 3.63) is 22.4 Å². The molecular formula is C17H26N2O4S. The Kier molecular flexibility index (Phi) is 7.91. The van der Waals surface area contributed by atoms with Crippen molar-refractivity contribution in [2.45, 2.75) is 52.6 Å². The first-order valence-corrected chi connectivity index (χ1v) is 8.96. The largest absolute Gasteiger partial charge is 0.480 e. The van der Waals surface area contributed by atoms with Crippen LogP contribution in [0.2, 0.25) is 0 Å². The maximum Gasteiger partial charge on any atom is 0.326 e. The van der Waals surface area contributed by atoms with Gasteiger partial charge in [0.05, 0.1) is 4.88 Å². The third kappa shape index (κ3) is 6.70. The topological polar surface area (TPSA) is 95.5 Å². The Morgan fingerprint density at radius 1 is 1.04 bits per heavy atom. The van der Waals surface area contributed by atoms with E-state index in [1.165, 1.54) is 11.3 Å². The summed E-state index contributed by atoms with van der Waals surface area (Å²) in [6.07, 6.45) is 0.783. The maximum atomic E-state index is 12.5. The summed E-state index contributed by atoms with van der Waals surface area (Å²) >= 11 is 1.29. The molecule has 1 rings (SSSR count). The van der Waals surface area contributed by atoms with E-state index in [2.05, 4.69) is 10.6 Å². The van der Waals surface area contributed by atoms with Crippen molar-refractivity contribution >= 4 is 29.1 Å². The number of rotatable bonds is 9. The molecule has 2 amide bonds. The van der Waals surface area contributed by atoms with Crippen LogP contribution in [0.4, 0.5) is 0 Å². The molecular weight excluding hydrogens is 328 g/mol. The molecule has 0 unspecified atom stereocenters. The minimum Gasteiger partial charge on any atom is -0.480 e. The molecule has 0 fully saturated rings. The van der Waals surface area contributed by atoms with Gasteiger partial charge in [0.15, 0.2) is 0 Å². The second kappa shape index (κ2) is 9.42. The second-order valence-corrected chi connectivity index (χ2v) is 7.61. The van der Waals surface area contributed by atoms with Gasteiger partial charge in [0.25, 0.3) is 5.91 Å². The van der Waals surface area contributed by atoms with Crippen LogP contribution in [0.15, 0.2) is 17.5 Å². The molecule has 0 aliphatic heterocycles. The summed E-state index contributed by atoms with van der Waals surface area (Å²) in [6.45, 7) is 7.68. The molecule has 0 aromatic carbocycles. The van der Waals surface area contributed by atoms with Gasteiger partial charge >= 0.3 is 5.97 Å². The summed E-state index contributed by atoms with van der Waals surface area (Å²) in [5.41, 5.74) is 0. The highest BCUT2D eigenvalue weighted by atomic mass is 32.1. The van der Waals surface area contributed by atoms with E-state index >= 15 is 0 Å². The molecule has 0 spiro atoms. The van der Waals surface area contributed by atoms with E-state index in [0.29, 0.717) is 17.7 Å². The van der Waals surface area contributed by atoms with Crippen molar-refractivity contribution in [1.29, 1.82) is 0 Å². The predicted molar refractivity (Wildman–Crippen MR) is 94.0 cm³/mol. The SMILES string of the molecule is CC(C)C[C@H](NC(=O)[C@@H](CC(C)C)NC(=O)c1cccs1)C(=O)O. The molecule has 134 valence electrons. The van der Waals surface area contributed by atoms with Crippen molar-refractivity contribution in [3.63, 3.8) is 0 Å². The zero-order valence-electron chi connectivity index (χ0n) is 14.5. The molecule has 0 bridgehead atoms. The Bertz CT molecular complexity index is 555. The average Bonchev–Trinajstić information content (AvgIpc) is 2.98. The van der Waals surface area contributed by atoms with Crippen LogP contribution in [0.1, 0.15) is 50.2 Å². The molecule has 1 aromatic rings. The molecule has 0 aliphatic rings. The Morgan fingerprint density at radius 2 is 1.62 bits per heavy atom. The van der Waals surface area contributed by atoms with Gasteiger partial charge in [-0.1, -0.05) is 33.8 Å². The zero-order chi connectivity index (χ0) is 18.3. The first kappa shape index (κ1) is 20.2. The molecule has 1 aromatic heterocycles. The maximum absolute atomic E-state index is 12.5. The standard InChI is InChI=1S/C17H26N2O4S/c1-10(2)8-12(18-16(21)14-6-5-7-24-14)15(20)19-13(17(22)23)9-11(3)4/h5-7,10-13H,8-9H2,1-4H3,(H,18,21)(H,19,20)(H,22,23)/t12-,13+/m1/s1. The van der Waals surface area contributed by atoms with Gasteiger partial charge in [-0.25, -0.2) is 4.79 Å². The number of carbonyl (C=O) groups is 3. The van der Waals surface area contributed by atoms with E-state index in [0.717, 1.165) is 0 Å². The Balaban J connectivity index is 2.80. The summed E-state index contributed by atoms with van der Waals surface area (Å²) in [4.78, 5) is 36.5. The Labute approximate surface area is 146 Å². The highest BCUT2D eigenvalue weighted by Crippen LogP contribution is 2.12. The average molecular weight is 354 g/mol. The number of thiophene rings is 1. The third-order valence-electron chi connectivity index (χ3n) is 3.40. The van der Waals surface area contributed by atoms with Gasteiger partial charge in [-0.2, -0.15) is 0 Å². The summed E-state index contributed by atoms with van der Waals surface area (Å²) in [7, 11) is 0. The number of carbonyl (C=O) groups excluding carboxylic acids is 2. The summed E-state index contributed by atoms with van der Waals surface area (Å²) < 4.78 is 0. The smallest absolute Gasteiger partial charge is 0.326 e. The number of aliphatic carboxylic acids is 1. The van der Waals surface area contributed by atoms with Crippen molar-refractivity contribution in [3.8, 4) is 0 Å². The van der Waals surface area contributed by atoms with Crippen LogP contribution in [-0.4, -0.2) is 35.0 Å². The molecule has 0 saturated carbocycles.